The summed E-state index contributed by atoms with van der Waals surface area (Å²) in [6.07, 6.45) is 1.78. The van der Waals surface area contributed by atoms with Crippen LogP contribution in [0, 0.1) is 12.8 Å². The van der Waals surface area contributed by atoms with Crippen molar-refractivity contribution in [1.82, 2.24) is 4.90 Å². The molecule has 1 heterocycles. The molecule has 5 heteroatoms. The Hall–Kier alpha value is -1.36. The molecule has 2 rings (SSSR count). The van der Waals surface area contributed by atoms with Gasteiger partial charge in [-0.2, -0.15) is 0 Å². The highest BCUT2D eigenvalue weighted by Gasteiger charge is 2.32. The second-order valence-electron chi connectivity index (χ2n) is 6.99. The van der Waals surface area contributed by atoms with Crippen LogP contribution in [0.5, 0.6) is 0 Å². The first kappa shape index (κ1) is 18.0. The Bertz CT molecular complexity index is 652. The van der Waals surface area contributed by atoms with Gasteiger partial charge in [0.2, 0.25) is 5.91 Å². The average molecular weight is 337 g/mol. The van der Waals surface area contributed by atoms with Gasteiger partial charge in [-0.25, -0.2) is 8.42 Å². The fraction of sp³-hybridized carbons (Fsp3) is 0.611. The fourth-order valence-electron chi connectivity index (χ4n) is 3.17. The molecule has 1 aliphatic heterocycles. The molecule has 1 amide bonds. The predicted molar refractivity (Wildman–Crippen MR) is 93.1 cm³/mol. The minimum Gasteiger partial charge on any atom is -0.341 e. The highest BCUT2D eigenvalue weighted by molar-refractivity contribution is 7.92. The number of hydrogen-bond acceptors (Lipinski definition) is 3. The van der Waals surface area contributed by atoms with E-state index in [1.54, 1.807) is 4.90 Å². The van der Waals surface area contributed by atoms with Crippen LogP contribution in [0.2, 0.25) is 0 Å². The first-order valence-corrected chi connectivity index (χ1v) is 10.0. The number of amides is 1. The molecule has 4 nitrogen and oxygen atoms in total. The maximum absolute atomic E-state index is 12.5. The molecule has 23 heavy (non-hydrogen) atoms. The number of aryl methyl sites for hydroxylation is 1. The molecule has 1 aromatic carbocycles. The van der Waals surface area contributed by atoms with Gasteiger partial charge in [0.25, 0.3) is 0 Å². The molecule has 0 aliphatic carbocycles. The van der Waals surface area contributed by atoms with Gasteiger partial charge in [-0.3, -0.25) is 4.79 Å². The molecule has 1 fully saturated rings. The van der Waals surface area contributed by atoms with Crippen LogP contribution in [0.4, 0.5) is 0 Å². The first-order chi connectivity index (χ1) is 10.8. The summed E-state index contributed by atoms with van der Waals surface area (Å²) in [5.41, 5.74) is 2.12. The van der Waals surface area contributed by atoms with Crippen molar-refractivity contribution in [2.75, 3.05) is 18.8 Å². The van der Waals surface area contributed by atoms with E-state index in [1.807, 2.05) is 45.0 Å². The third-order valence-electron chi connectivity index (χ3n) is 4.24. The Morgan fingerprint density at radius 2 is 2.09 bits per heavy atom. The molecule has 1 saturated heterocycles. The number of carbonyl (C=O) groups is 1. The summed E-state index contributed by atoms with van der Waals surface area (Å²) in [7, 11) is -3.12. The van der Waals surface area contributed by atoms with E-state index in [-0.39, 0.29) is 17.6 Å². The zero-order chi connectivity index (χ0) is 17.0. The number of hydrogen-bond donors (Lipinski definition) is 0. The zero-order valence-corrected chi connectivity index (χ0v) is 15.1. The monoisotopic (exact) mass is 337 g/mol. The molecular formula is C18H27NO3S. The zero-order valence-electron chi connectivity index (χ0n) is 14.3. The van der Waals surface area contributed by atoms with Crippen molar-refractivity contribution >= 4 is 15.7 Å². The third-order valence-corrected chi connectivity index (χ3v) is 6.77. The second kappa shape index (κ2) is 7.47. The van der Waals surface area contributed by atoms with Gasteiger partial charge in [-0.05, 0) is 31.2 Å². The van der Waals surface area contributed by atoms with Gasteiger partial charge in [0.05, 0.1) is 17.4 Å². The number of carbonyl (C=O) groups excluding carboxylic acids is 1. The maximum atomic E-state index is 12.5. The summed E-state index contributed by atoms with van der Waals surface area (Å²) in [4.78, 5) is 14.2. The van der Waals surface area contributed by atoms with Crippen molar-refractivity contribution in [2.45, 2.75) is 45.3 Å². The Morgan fingerprint density at radius 3 is 2.74 bits per heavy atom. The van der Waals surface area contributed by atoms with Gasteiger partial charge in [-0.15, -0.1) is 0 Å². The van der Waals surface area contributed by atoms with Crippen molar-refractivity contribution in [3.63, 3.8) is 0 Å². The van der Waals surface area contributed by atoms with E-state index in [0.717, 1.165) is 17.5 Å². The summed E-state index contributed by atoms with van der Waals surface area (Å²) in [6, 6.07) is 7.91. The Kier molecular flexibility index (Phi) is 5.84. The van der Waals surface area contributed by atoms with Gasteiger partial charge in [0.1, 0.15) is 0 Å². The molecule has 0 aromatic heterocycles. The lowest BCUT2D eigenvalue weighted by atomic mass is 10.1. The highest BCUT2D eigenvalue weighted by atomic mass is 32.2. The van der Waals surface area contributed by atoms with Crippen LogP contribution in [-0.4, -0.2) is 43.3 Å². The molecule has 0 N–H and O–H groups in total. The number of sulfone groups is 1. The topological polar surface area (TPSA) is 54.5 Å². The third kappa shape index (κ3) is 5.06. The van der Waals surface area contributed by atoms with Crippen molar-refractivity contribution in [1.29, 1.82) is 0 Å². The first-order valence-electron chi connectivity index (χ1n) is 8.33. The Labute approximate surface area is 139 Å². The van der Waals surface area contributed by atoms with E-state index >= 15 is 0 Å². The lowest BCUT2D eigenvalue weighted by Crippen LogP contribution is -2.46. The minimum absolute atomic E-state index is 0.0278. The van der Waals surface area contributed by atoms with Gasteiger partial charge in [-0.1, -0.05) is 43.7 Å². The molecule has 1 aliphatic rings. The van der Waals surface area contributed by atoms with Crippen molar-refractivity contribution < 1.29 is 13.2 Å². The van der Waals surface area contributed by atoms with Gasteiger partial charge >= 0.3 is 0 Å². The van der Waals surface area contributed by atoms with Crippen molar-refractivity contribution in [2.24, 2.45) is 5.92 Å². The standard InChI is InChI=1S/C18H27NO3S/c1-14(2)13-23(21,22)17-8-5-9-19(12-17)18(20)11-16-7-4-6-15(3)10-16/h4,6-7,10,14,17H,5,8-9,11-13H2,1-3H3. The summed E-state index contributed by atoms with van der Waals surface area (Å²) < 4.78 is 24.9. The highest BCUT2D eigenvalue weighted by Crippen LogP contribution is 2.20. The van der Waals surface area contributed by atoms with Crippen molar-refractivity contribution in [3.8, 4) is 0 Å². The lowest BCUT2D eigenvalue weighted by Gasteiger charge is -2.33. The molecule has 1 unspecified atom stereocenters. The minimum atomic E-state index is -3.12. The number of likely N-dealkylation sites (tertiary alicyclic amines) is 1. The van der Waals surface area contributed by atoms with Crippen molar-refractivity contribution in [3.05, 3.63) is 35.4 Å². The van der Waals surface area contributed by atoms with Crippen LogP contribution in [0.15, 0.2) is 24.3 Å². The molecule has 0 bridgehead atoms. The summed E-state index contributed by atoms with van der Waals surface area (Å²) in [5, 5.41) is -0.403. The molecule has 0 saturated carbocycles. The summed E-state index contributed by atoms with van der Waals surface area (Å²) in [6.45, 7) is 6.85. The molecule has 0 radical (unpaired) electrons. The SMILES string of the molecule is Cc1cccc(CC(=O)N2CCCC(S(=O)(=O)CC(C)C)C2)c1. The van der Waals surface area contributed by atoms with Gasteiger partial charge < -0.3 is 4.90 Å². The van der Waals surface area contributed by atoms with E-state index < -0.39 is 15.1 Å². The van der Waals surface area contributed by atoms with Crippen LogP contribution in [0.25, 0.3) is 0 Å². The summed E-state index contributed by atoms with van der Waals surface area (Å²) in [5.74, 6) is 0.357. The summed E-state index contributed by atoms with van der Waals surface area (Å²) >= 11 is 0. The fourth-order valence-corrected chi connectivity index (χ4v) is 5.30. The van der Waals surface area contributed by atoms with Crippen LogP contribution in [0.3, 0.4) is 0 Å². The van der Waals surface area contributed by atoms with E-state index in [1.165, 1.54) is 0 Å². The molecule has 1 aromatic rings. The quantitative estimate of drug-likeness (QED) is 0.830. The number of rotatable bonds is 5. The number of piperidine rings is 1. The van der Waals surface area contributed by atoms with Gasteiger partial charge in [0, 0.05) is 13.1 Å². The second-order valence-corrected chi connectivity index (χ2v) is 9.32. The normalized spacial score (nSPS) is 19.1. The van der Waals surface area contributed by atoms with Crippen LogP contribution < -0.4 is 0 Å². The van der Waals surface area contributed by atoms with E-state index in [9.17, 15) is 13.2 Å². The molecular weight excluding hydrogens is 310 g/mol. The molecule has 0 spiro atoms. The van der Waals surface area contributed by atoms with Crippen LogP contribution >= 0.6 is 0 Å². The van der Waals surface area contributed by atoms with Gasteiger partial charge in [0.15, 0.2) is 9.84 Å². The molecule has 1 atom stereocenters. The Morgan fingerprint density at radius 1 is 1.35 bits per heavy atom. The average Bonchev–Trinajstić information content (AvgIpc) is 2.46. The molecule has 128 valence electrons. The maximum Gasteiger partial charge on any atom is 0.227 e. The predicted octanol–water partition coefficient (Wildman–Crippen LogP) is 2.60. The smallest absolute Gasteiger partial charge is 0.227 e. The lowest BCUT2D eigenvalue weighted by molar-refractivity contribution is -0.131. The Balaban J connectivity index is 2.01. The van der Waals surface area contributed by atoms with Crippen LogP contribution in [0.1, 0.15) is 37.8 Å². The number of nitrogens with zero attached hydrogens (tertiary/aromatic N) is 1. The van der Waals surface area contributed by atoms with Crippen LogP contribution in [-0.2, 0) is 21.1 Å². The number of benzene rings is 1. The van der Waals surface area contributed by atoms with E-state index in [4.69, 9.17) is 0 Å². The van der Waals surface area contributed by atoms with E-state index in [2.05, 4.69) is 0 Å². The van der Waals surface area contributed by atoms with E-state index in [0.29, 0.717) is 25.9 Å². The largest absolute Gasteiger partial charge is 0.341 e.